The topological polar surface area (TPSA) is 99.8 Å². The van der Waals surface area contributed by atoms with E-state index >= 15 is 0 Å². The van der Waals surface area contributed by atoms with Crippen LogP contribution in [-0.2, 0) is 16.4 Å². The van der Waals surface area contributed by atoms with Gasteiger partial charge in [0.15, 0.2) is 9.84 Å². The first kappa shape index (κ1) is 17.6. The minimum Gasteiger partial charge on any atom is -0.419 e. The molecular weight excluding hydrogens is 356 g/mol. The standard InChI is InChI=1S/C17H22N4O4S/c22-9-8-20-6-7-21(15-12-26(23,24)11-14(15)20)10-16-18-19-17(25-16)13-4-2-1-3-5-13/h1-5,14-15,22H,6-12H2/t14-,15+/m0/s1. The summed E-state index contributed by atoms with van der Waals surface area (Å²) in [7, 11) is -3.07. The number of hydrogen-bond acceptors (Lipinski definition) is 8. The van der Waals surface area contributed by atoms with Crippen molar-refractivity contribution in [3.05, 3.63) is 36.2 Å². The molecule has 0 unspecified atom stereocenters. The van der Waals surface area contributed by atoms with Crippen LogP contribution < -0.4 is 0 Å². The number of hydrogen-bond donors (Lipinski definition) is 1. The van der Waals surface area contributed by atoms with E-state index in [1.165, 1.54) is 0 Å². The van der Waals surface area contributed by atoms with E-state index in [2.05, 4.69) is 20.0 Å². The van der Waals surface area contributed by atoms with E-state index < -0.39 is 9.84 Å². The highest BCUT2D eigenvalue weighted by atomic mass is 32.2. The lowest BCUT2D eigenvalue weighted by Crippen LogP contribution is -2.59. The van der Waals surface area contributed by atoms with Gasteiger partial charge in [0.2, 0.25) is 11.8 Å². The van der Waals surface area contributed by atoms with Crippen LogP contribution in [-0.4, -0.2) is 83.4 Å². The Morgan fingerprint density at radius 2 is 1.77 bits per heavy atom. The second kappa shape index (κ2) is 7.07. The van der Waals surface area contributed by atoms with Crippen LogP contribution >= 0.6 is 0 Å². The highest BCUT2D eigenvalue weighted by Crippen LogP contribution is 2.28. The van der Waals surface area contributed by atoms with E-state index in [0.29, 0.717) is 31.4 Å². The summed E-state index contributed by atoms with van der Waals surface area (Å²) >= 11 is 0. The third-order valence-corrected chi connectivity index (χ3v) is 6.82. The fourth-order valence-electron chi connectivity index (χ4n) is 3.89. The van der Waals surface area contributed by atoms with Crippen LogP contribution in [0.5, 0.6) is 0 Å². The summed E-state index contributed by atoms with van der Waals surface area (Å²) in [6, 6.07) is 9.37. The largest absolute Gasteiger partial charge is 0.419 e. The maximum absolute atomic E-state index is 12.2. The van der Waals surface area contributed by atoms with Gasteiger partial charge in [-0.15, -0.1) is 10.2 Å². The van der Waals surface area contributed by atoms with Crippen LogP contribution in [0.25, 0.3) is 11.5 Å². The van der Waals surface area contributed by atoms with E-state index in [9.17, 15) is 13.5 Å². The number of aliphatic hydroxyl groups excluding tert-OH is 1. The molecule has 2 aliphatic rings. The summed E-state index contributed by atoms with van der Waals surface area (Å²) in [5, 5.41) is 17.5. The van der Waals surface area contributed by atoms with E-state index in [1.807, 2.05) is 30.3 Å². The van der Waals surface area contributed by atoms with Crippen LogP contribution in [0.1, 0.15) is 5.89 Å². The predicted octanol–water partition coefficient (Wildman–Crippen LogP) is 0.0121. The quantitative estimate of drug-likeness (QED) is 0.777. The number of rotatable bonds is 5. The summed E-state index contributed by atoms with van der Waals surface area (Å²) in [6.07, 6.45) is 0. The average Bonchev–Trinajstić information content (AvgIpc) is 3.22. The summed E-state index contributed by atoms with van der Waals surface area (Å²) in [5.41, 5.74) is 0.861. The van der Waals surface area contributed by atoms with Crippen molar-refractivity contribution in [3.8, 4) is 11.5 Å². The molecule has 26 heavy (non-hydrogen) atoms. The minimum atomic E-state index is -3.07. The lowest BCUT2D eigenvalue weighted by atomic mass is 10.0. The van der Waals surface area contributed by atoms with Gasteiger partial charge in [0.1, 0.15) is 0 Å². The number of aromatic nitrogens is 2. The van der Waals surface area contributed by atoms with E-state index in [4.69, 9.17) is 4.42 Å². The van der Waals surface area contributed by atoms with Gasteiger partial charge in [0.25, 0.3) is 0 Å². The molecule has 2 saturated heterocycles. The number of aliphatic hydroxyl groups is 1. The van der Waals surface area contributed by atoms with Crippen molar-refractivity contribution in [2.75, 3.05) is 37.7 Å². The molecule has 2 fully saturated rings. The van der Waals surface area contributed by atoms with Gasteiger partial charge in [-0.25, -0.2) is 8.42 Å². The molecule has 2 atom stereocenters. The lowest BCUT2D eigenvalue weighted by molar-refractivity contribution is 0.0265. The van der Waals surface area contributed by atoms with Gasteiger partial charge in [-0.3, -0.25) is 9.80 Å². The molecule has 0 spiro atoms. The third-order valence-electron chi connectivity index (χ3n) is 5.12. The Morgan fingerprint density at radius 3 is 2.50 bits per heavy atom. The molecule has 2 aliphatic heterocycles. The molecule has 4 rings (SSSR count). The van der Waals surface area contributed by atoms with Crippen LogP contribution in [0.3, 0.4) is 0 Å². The third kappa shape index (κ3) is 3.52. The number of fused-ring (bicyclic) bond motifs is 1. The smallest absolute Gasteiger partial charge is 0.247 e. The minimum absolute atomic E-state index is 0.0351. The highest BCUT2D eigenvalue weighted by Gasteiger charge is 2.46. The fraction of sp³-hybridized carbons (Fsp3) is 0.529. The van der Waals surface area contributed by atoms with Crippen LogP contribution in [0.15, 0.2) is 34.7 Å². The molecule has 1 aromatic heterocycles. The van der Waals surface area contributed by atoms with Gasteiger partial charge in [-0.05, 0) is 12.1 Å². The Labute approximate surface area is 152 Å². The van der Waals surface area contributed by atoms with Gasteiger partial charge in [-0.2, -0.15) is 0 Å². The molecule has 2 aromatic rings. The van der Waals surface area contributed by atoms with Crippen molar-refractivity contribution in [3.63, 3.8) is 0 Å². The van der Waals surface area contributed by atoms with Crippen molar-refractivity contribution >= 4 is 9.84 Å². The van der Waals surface area contributed by atoms with Gasteiger partial charge in [0.05, 0.1) is 24.7 Å². The predicted molar refractivity (Wildman–Crippen MR) is 95.0 cm³/mol. The average molecular weight is 378 g/mol. The van der Waals surface area contributed by atoms with Crippen molar-refractivity contribution in [1.29, 1.82) is 0 Å². The molecule has 8 nitrogen and oxygen atoms in total. The van der Waals surface area contributed by atoms with Gasteiger partial charge in [0, 0.05) is 37.3 Å². The van der Waals surface area contributed by atoms with E-state index in [1.54, 1.807) is 0 Å². The van der Waals surface area contributed by atoms with E-state index in [0.717, 1.165) is 12.1 Å². The van der Waals surface area contributed by atoms with Gasteiger partial charge in [-0.1, -0.05) is 18.2 Å². The molecule has 1 aromatic carbocycles. The first-order valence-electron chi connectivity index (χ1n) is 8.73. The number of nitrogens with zero attached hydrogens (tertiary/aromatic N) is 4. The molecule has 1 N–H and O–H groups in total. The van der Waals surface area contributed by atoms with Crippen molar-refractivity contribution in [2.24, 2.45) is 0 Å². The molecule has 140 valence electrons. The van der Waals surface area contributed by atoms with Gasteiger partial charge >= 0.3 is 0 Å². The second-order valence-electron chi connectivity index (χ2n) is 6.81. The van der Waals surface area contributed by atoms with Crippen molar-refractivity contribution in [2.45, 2.75) is 18.6 Å². The van der Waals surface area contributed by atoms with E-state index in [-0.39, 0.29) is 30.2 Å². The molecule has 0 aliphatic carbocycles. The Kier molecular flexibility index (Phi) is 4.78. The zero-order valence-electron chi connectivity index (χ0n) is 14.4. The van der Waals surface area contributed by atoms with Crippen molar-refractivity contribution < 1.29 is 17.9 Å². The van der Waals surface area contributed by atoms with Crippen molar-refractivity contribution in [1.82, 2.24) is 20.0 Å². The Morgan fingerprint density at radius 1 is 1.08 bits per heavy atom. The molecule has 0 bridgehead atoms. The molecule has 9 heteroatoms. The number of sulfone groups is 1. The maximum atomic E-state index is 12.2. The van der Waals surface area contributed by atoms with Crippen LogP contribution in [0, 0.1) is 0 Å². The number of piperazine rings is 1. The first-order valence-corrected chi connectivity index (χ1v) is 10.5. The number of β-amino-alcohol motifs (C(OH)–C–C–N with tert-alkyl or cyclic N) is 1. The van der Waals surface area contributed by atoms with Crippen LogP contribution in [0.4, 0.5) is 0 Å². The summed E-state index contributed by atoms with van der Waals surface area (Å²) in [6.45, 7) is 2.40. The molecule has 0 radical (unpaired) electrons. The maximum Gasteiger partial charge on any atom is 0.247 e. The van der Waals surface area contributed by atoms with Crippen LogP contribution in [0.2, 0.25) is 0 Å². The summed E-state index contributed by atoms with van der Waals surface area (Å²) in [4.78, 5) is 4.19. The SMILES string of the molecule is O=S1(=O)C[C@@H]2[C@H](C1)N(CCO)CCN2Cc1nnc(-c2ccccc2)o1. The second-order valence-corrected chi connectivity index (χ2v) is 8.96. The molecule has 0 saturated carbocycles. The zero-order chi connectivity index (χ0) is 18.1. The Bertz CT molecular complexity index is 855. The lowest BCUT2D eigenvalue weighted by Gasteiger charge is -2.43. The Hall–Kier alpha value is -1.81. The molecule has 3 heterocycles. The monoisotopic (exact) mass is 378 g/mol. The normalized spacial score (nSPS) is 26.0. The number of benzene rings is 1. The molecular formula is C17H22N4O4S. The zero-order valence-corrected chi connectivity index (χ0v) is 15.2. The first-order chi connectivity index (χ1) is 12.6. The summed E-state index contributed by atoms with van der Waals surface area (Å²) in [5.74, 6) is 1.24. The van der Waals surface area contributed by atoms with Gasteiger partial charge < -0.3 is 9.52 Å². The Balaban J connectivity index is 1.51. The summed E-state index contributed by atoms with van der Waals surface area (Å²) < 4.78 is 30.1. The molecule has 0 amide bonds. The highest BCUT2D eigenvalue weighted by molar-refractivity contribution is 7.91. The fourth-order valence-corrected chi connectivity index (χ4v) is 5.93.